The van der Waals surface area contributed by atoms with Gasteiger partial charge in [0.05, 0.1) is 5.88 Å². The Labute approximate surface area is 58.2 Å². The molecule has 0 radical (unpaired) electrons. The van der Waals surface area contributed by atoms with Crippen molar-refractivity contribution in [3.8, 4) is 0 Å². The van der Waals surface area contributed by atoms with Crippen molar-refractivity contribution < 1.29 is 4.79 Å². The van der Waals surface area contributed by atoms with Crippen molar-refractivity contribution in [3.05, 3.63) is 0 Å². The van der Waals surface area contributed by atoms with E-state index >= 15 is 0 Å². The molecular formula is C4H7Cl2NO. The summed E-state index contributed by atoms with van der Waals surface area (Å²) in [5.74, 6) is 0.0758. The number of hydrogen-bond donors (Lipinski definition) is 1. The second kappa shape index (κ2) is 3.98. The average Bonchev–Trinajstić information content (AvgIpc) is 1.65. The molecule has 1 atom stereocenters. The van der Waals surface area contributed by atoms with Gasteiger partial charge in [-0.15, -0.1) is 11.6 Å². The van der Waals surface area contributed by atoms with Crippen LogP contribution in [0.1, 0.15) is 6.92 Å². The van der Waals surface area contributed by atoms with Gasteiger partial charge in [0.15, 0.2) is 0 Å². The van der Waals surface area contributed by atoms with Crippen LogP contribution in [0.5, 0.6) is 0 Å². The number of carbonyl (C=O) groups excluding carboxylic acids is 1. The van der Waals surface area contributed by atoms with Crippen LogP contribution < -0.4 is 5.32 Å². The average molecular weight is 156 g/mol. The summed E-state index contributed by atoms with van der Waals surface area (Å²) < 4.78 is 0. The van der Waals surface area contributed by atoms with Crippen molar-refractivity contribution >= 4 is 29.1 Å². The molecule has 0 fully saturated rings. The lowest BCUT2D eigenvalue weighted by Crippen LogP contribution is -2.29. The molecule has 4 heteroatoms. The highest BCUT2D eigenvalue weighted by atomic mass is 35.5. The van der Waals surface area contributed by atoms with Crippen LogP contribution in [0.25, 0.3) is 0 Å². The topological polar surface area (TPSA) is 29.1 Å². The third kappa shape index (κ3) is 4.22. The lowest BCUT2D eigenvalue weighted by molar-refractivity contribution is -0.119. The third-order valence-corrected chi connectivity index (χ3v) is 1.23. The van der Waals surface area contributed by atoms with Gasteiger partial charge in [0.2, 0.25) is 5.91 Å². The summed E-state index contributed by atoms with van der Waals surface area (Å²) >= 11 is 10.6. The van der Waals surface area contributed by atoms with E-state index in [9.17, 15) is 4.79 Å². The van der Waals surface area contributed by atoms with E-state index < -0.39 is 5.50 Å². The van der Waals surface area contributed by atoms with Crippen molar-refractivity contribution in [3.63, 3.8) is 0 Å². The first-order chi connectivity index (χ1) is 3.66. The van der Waals surface area contributed by atoms with Gasteiger partial charge < -0.3 is 5.32 Å². The van der Waals surface area contributed by atoms with Crippen LogP contribution in [0.15, 0.2) is 0 Å². The number of rotatable bonds is 2. The highest BCUT2D eigenvalue weighted by Gasteiger charge is 2.00. The number of hydrogen-bond acceptors (Lipinski definition) is 1. The van der Waals surface area contributed by atoms with Gasteiger partial charge in [-0.25, -0.2) is 0 Å². The normalized spacial score (nSPS) is 12.9. The van der Waals surface area contributed by atoms with E-state index in [0.717, 1.165) is 0 Å². The molecule has 0 aliphatic carbocycles. The van der Waals surface area contributed by atoms with Gasteiger partial charge in [0.1, 0.15) is 5.50 Å². The van der Waals surface area contributed by atoms with Crippen molar-refractivity contribution in [2.75, 3.05) is 5.88 Å². The van der Waals surface area contributed by atoms with Crippen molar-refractivity contribution in [2.45, 2.75) is 12.4 Å². The molecule has 0 aromatic heterocycles. The van der Waals surface area contributed by atoms with Crippen LogP contribution in [0.3, 0.4) is 0 Å². The molecule has 0 spiro atoms. The molecule has 0 bridgehead atoms. The van der Waals surface area contributed by atoms with Crippen LogP contribution in [0.2, 0.25) is 0 Å². The van der Waals surface area contributed by atoms with Gasteiger partial charge in [0, 0.05) is 6.92 Å². The van der Waals surface area contributed by atoms with E-state index in [2.05, 4.69) is 5.32 Å². The summed E-state index contributed by atoms with van der Waals surface area (Å²) in [6.07, 6.45) is 0. The Kier molecular flexibility index (Phi) is 4.01. The smallest absolute Gasteiger partial charge is 0.218 e. The molecule has 1 N–H and O–H groups in total. The molecule has 2 nitrogen and oxygen atoms in total. The molecule has 1 amide bonds. The molecule has 48 valence electrons. The minimum atomic E-state index is -0.436. The molecule has 0 saturated carbocycles. The van der Waals surface area contributed by atoms with E-state index in [1.807, 2.05) is 0 Å². The molecule has 0 aromatic carbocycles. The van der Waals surface area contributed by atoms with Gasteiger partial charge in [-0.2, -0.15) is 0 Å². The summed E-state index contributed by atoms with van der Waals surface area (Å²) in [6, 6.07) is 0. The molecule has 0 rings (SSSR count). The Hall–Kier alpha value is 0.0500. The minimum absolute atomic E-state index is 0.161. The van der Waals surface area contributed by atoms with E-state index in [0.29, 0.717) is 0 Å². The van der Waals surface area contributed by atoms with Gasteiger partial charge >= 0.3 is 0 Å². The van der Waals surface area contributed by atoms with Gasteiger partial charge in [-0.3, -0.25) is 4.79 Å². The molecule has 0 saturated heterocycles. The predicted octanol–water partition coefficient (Wildman–Crippen LogP) is 0.926. The second-order valence-corrected chi connectivity index (χ2v) is 2.16. The van der Waals surface area contributed by atoms with E-state index in [-0.39, 0.29) is 11.8 Å². The van der Waals surface area contributed by atoms with E-state index in [1.165, 1.54) is 6.92 Å². The number of alkyl halides is 2. The molecule has 0 heterocycles. The van der Waals surface area contributed by atoms with Gasteiger partial charge in [0.25, 0.3) is 0 Å². The van der Waals surface area contributed by atoms with Crippen molar-refractivity contribution in [1.82, 2.24) is 5.32 Å². The summed E-state index contributed by atoms with van der Waals surface area (Å²) in [7, 11) is 0. The van der Waals surface area contributed by atoms with Crippen LogP contribution in [-0.4, -0.2) is 17.3 Å². The zero-order chi connectivity index (χ0) is 6.57. The van der Waals surface area contributed by atoms with Crippen LogP contribution in [0.4, 0.5) is 0 Å². The highest BCUT2D eigenvalue weighted by molar-refractivity contribution is 6.28. The molecular weight excluding hydrogens is 149 g/mol. The van der Waals surface area contributed by atoms with Crippen LogP contribution in [0, 0.1) is 0 Å². The number of nitrogens with one attached hydrogen (secondary N) is 1. The fourth-order valence-corrected chi connectivity index (χ4v) is 0.490. The maximum Gasteiger partial charge on any atom is 0.218 e. The lowest BCUT2D eigenvalue weighted by atomic mass is 10.6. The monoisotopic (exact) mass is 155 g/mol. The van der Waals surface area contributed by atoms with Crippen LogP contribution >= 0.6 is 23.2 Å². The Morgan fingerprint density at radius 3 is 2.50 bits per heavy atom. The van der Waals surface area contributed by atoms with Crippen LogP contribution in [-0.2, 0) is 4.79 Å². The molecule has 1 unspecified atom stereocenters. The summed E-state index contributed by atoms with van der Waals surface area (Å²) in [5.41, 5.74) is -0.436. The second-order valence-electron chi connectivity index (χ2n) is 1.32. The number of carbonyl (C=O) groups is 1. The van der Waals surface area contributed by atoms with Crippen molar-refractivity contribution in [1.29, 1.82) is 0 Å². The zero-order valence-corrected chi connectivity index (χ0v) is 5.96. The summed E-state index contributed by atoms with van der Waals surface area (Å²) in [6.45, 7) is 1.39. The summed E-state index contributed by atoms with van der Waals surface area (Å²) in [4.78, 5) is 10.2. The first-order valence-corrected chi connectivity index (χ1v) is 3.11. The highest BCUT2D eigenvalue weighted by Crippen LogP contribution is 1.92. The Morgan fingerprint density at radius 1 is 1.88 bits per heavy atom. The largest absolute Gasteiger partial charge is 0.339 e. The molecule has 0 aliphatic rings. The first kappa shape index (κ1) is 8.05. The third-order valence-electron chi connectivity index (χ3n) is 0.495. The predicted molar refractivity (Wildman–Crippen MR) is 34.2 cm³/mol. The lowest BCUT2D eigenvalue weighted by Gasteiger charge is -2.03. The van der Waals surface area contributed by atoms with E-state index in [1.54, 1.807) is 0 Å². The Bertz CT molecular complexity index is 86.1. The molecule has 8 heavy (non-hydrogen) atoms. The number of halogens is 2. The first-order valence-electron chi connectivity index (χ1n) is 2.14. The quantitative estimate of drug-likeness (QED) is 0.467. The van der Waals surface area contributed by atoms with Gasteiger partial charge in [-0.1, -0.05) is 11.6 Å². The standard InChI is InChI=1S/C4H7Cl2NO/c1-3(8)7-4(6)2-5/h4H,2H2,1H3,(H,7,8). The summed E-state index contributed by atoms with van der Waals surface area (Å²) in [5, 5.41) is 2.39. The SMILES string of the molecule is CC(=O)NC(Cl)CCl. The Morgan fingerprint density at radius 2 is 2.38 bits per heavy atom. The van der Waals surface area contributed by atoms with Gasteiger partial charge in [-0.05, 0) is 0 Å². The maximum absolute atomic E-state index is 10.2. The fourth-order valence-electron chi connectivity index (χ4n) is 0.259. The minimum Gasteiger partial charge on any atom is -0.339 e. The molecule has 0 aliphatic heterocycles. The fraction of sp³-hybridized carbons (Fsp3) is 0.750. The number of amides is 1. The zero-order valence-electron chi connectivity index (χ0n) is 4.45. The van der Waals surface area contributed by atoms with E-state index in [4.69, 9.17) is 23.2 Å². The Balaban J connectivity index is 3.24. The van der Waals surface area contributed by atoms with Crippen molar-refractivity contribution in [2.24, 2.45) is 0 Å². The maximum atomic E-state index is 10.2. The molecule has 0 aromatic rings.